The van der Waals surface area contributed by atoms with E-state index in [2.05, 4.69) is 10.3 Å². The number of nitrogens with one attached hydrogen (secondary N) is 1. The number of hydrogen-bond donors (Lipinski definition) is 3. The number of benzene rings is 1. The first-order valence-electron chi connectivity index (χ1n) is 6.72. The van der Waals surface area contributed by atoms with Crippen LogP contribution in [-0.4, -0.2) is 28.5 Å². The van der Waals surface area contributed by atoms with Gasteiger partial charge in [-0.15, -0.1) is 0 Å². The molecule has 0 radical (unpaired) electrons. The second kappa shape index (κ2) is 7.03. The Labute approximate surface area is 126 Å². The third-order valence-electron chi connectivity index (χ3n) is 3.02. The number of nitrogen functional groups attached to an aromatic ring is 1. The van der Waals surface area contributed by atoms with Crippen LogP contribution in [0.25, 0.3) is 10.2 Å². The van der Waals surface area contributed by atoms with Gasteiger partial charge in [-0.2, -0.15) is 0 Å². The summed E-state index contributed by atoms with van der Waals surface area (Å²) in [6, 6.07) is 5.29. The maximum atomic E-state index is 12.0. The highest BCUT2D eigenvalue weighted by Gasteiger charge is 2.08. The fourth-order valence-electron chi connectivity index (χ4n) is 1.97. The maximum absolute atomic E-state index is 12.0. The summed E-state index contributed by atoms with van der Waals surface area (Å²) in [4.78, 5) is 26.5. The predicted octanol–water partition coefficient (Wildman–Crippen LogP) is 2.25. The van der Waals surface area contributed by atoms with Crippen molar-refractivity contribution in [1.82, 2.24) is 10.3 Å². The highest BCUT2D eigenvalue weighted by atomic mass is 32.1. The number of nitrogens with zero attached hydrogens (tertiary/aromatic N) is 1. The maximum Gasteiger partial charge on any atom is 0.303 e. The molecule has 2 rings (SSSR count). The van der Waals surface area contributed by atoms with E-state index in [1.807, 2.05) is 0 Å². The van der Waals surface area contributed by atoms with Gasteiger partial charge in [-0.25, -0.2) is 4.98 Å². The molecule has 0 fully saturated rings. The van der Waals surface area contributed by atoms with E-state index in [0.717, 1.165) is 23.1 Å². The number of hydrogen-bond acceptors (Lipinski definition) is 5. The molecule has 0 saturated carbocycles. The Balaban J connectivity index is 1.80. The number of carboxylic acids is 1. The van der Waals surface area contributed by atoms with Gasteiger partial charge in [0.25, 0.3) is 5.91 Å². The fourth-order valence-corrected chi connectivity index (χ4v) is 2.74. The minimum atomic E-state index is -0.781. The van der Waals surface area contributed by atoms with E-state index in [-0.39, 0.29) is 12.3 Å². The number of nitrogens with two attached hydrogens (primary N) is 1. The summed E-state index contributed by atoms with van der Waals surface area (Å²) < 4.78 is 0.890. The number of rotatable bonds is 7. The van der Waals surface area contributed by atoms with Gasteiger partial charge in [0.05, 0.1) is 10.2 Å². The van der Waals surface area contributed by atoms with Gasteiger partial charge in [0.15, 0.2) is 5.13 Å². The molecule has 1 amide bonds. The van der Waals surface area contributed by atoms with Crippen LogP contribution in [0.15, 0.2) is 18.2 Å². The highest BCUT2D eigenvalue weighted by Crippen LogP contribution is 2.24. The normalized spacial score (nSPS) is 10.7. The molecule has 21 heavy (non-hydrogen) atoms. The Bertz CT molecular complexity index is 654. The van der Waals surface area contributed by atoms with Crippen molar-refractivity contribution in [3.05, 3.63) is 23.8 Å². The first-order chi connectivity index (χ1) is 10.1. The molecule has 1 heterocycles. The van der Waals surface area contributed by atoms with Gasteiger partial charge in [-0.3, -0.25) is 9.59 Å². The van der Waals surface area contributed by atoms with E-state index in [1.54, 1.807) is 18.2 Å². The first-order valence-corrected chi connectivity index (χ1v) is 7.54. The Morgan fingerprint density at radius 2 is 2.10 bits per heavy atom. The number of amides is 1. The average Bonchev–Trinajstić information content (AvgIpc) is 2.81. The number of carboxylic acid groups (broad SMARTS) is 1. The summed E-state index contributed by atoms with van der Waals surface area (Å²) in [7, 11) is 0. The van der Waals surface area contributed by atoms with Gasteiger partial charge in [0, 0.05) is 18.5 Å². The molecule has 0 atom stereocenters. The molecule has 112 valence electrons. The van der Waals surface area contributed by atoms with E-state index in [1.165, 1.54) is 11.3 Å². The smallest absolute Gasteiger partial charge is 0.303 e. The van der Waals surface area contributed by atoms with Gasteiger partial charge in [0.2, 0.25) is 0 Å². The van der Waals surface area contributed by atoms with Crippen LogP contribution >= 0.6 is 11.3 Å². The highest BCUT2D eigenvalue weighted by molar-refractivity contribution is 7.22. The van der Waals surface area contributed by atoms with Gasteiger partial charge < -0.3 is 16.2 Å². The van der Waals surface area contributed by atoms with Gasteiger partial charge in [0.1, 0.15) is 0 Å². The van der Waals surface area contributed by atoms with Crippen molar-refractivity contribution in [2.45, 2.75) is 25.7 Å². The minimum Gasteiger partial charge on any atom is -0.481 e. The fraction of sp³-hybridized carbons (Fsp3) is 0.357. The molecule has 0 aliphatic heterocycles. The number of thiazole rings is 1. The van der Waals surface area contributed by atoms with Crippen LogP contribution in [0.2, 0.25) is 0 Å². The molecule has 1 aromatic carbocycles. The molecule has 0 saturated heterocycles. The molecule has 4 N–H and O–H groups in total. The summed E-state index contributed by atoms with van der Waals surface area (Å²) >= 11 is 1.35. The van der Waals surface area contributed by atoms with Crippen molar-refractivity contribution >= 4 is 38.6 Å². The Kier molecular flexibility index (Phi) is 5.10. The largest absolute Gasteiger partial charge is 0.481 e. The predicted molar refractivity (Wildman–Crippen MR) is 82.5 cm³/mol. The molecule has 6 nitrogen and oxygen atoms in total. The van der Waals surface area contributed by atoms with Crippen molar-refractivity contribution in [3.63, 3.8) is 0 Å². The molecule has 0 unspecified atom stereocenters. The van der Waals surface area contributed by atoms with Crippen LogP contribution in [0.3, 0.4) is 0 Å². The summed E-state index contributed by atoms with van der Waals surface area (Å²) in [6.45, 7) is 0.543. The third-order valence-corrected chi connectivity index (χ3v) is 3.87. The summed E-state index contributed by atoms with van der Waals surface area (Å²) in [5, 5.41) is 11.8. The van der Waals surface area contributed by atoms with E-state index >= 15 is 0 Å². The zero-order chi connectivity index (χ0) is 15.2. The van der Waals surface area contributed by atoms with Crippen molar-refractivity contribution in [2.24, 2.45) is 0 Å². The van der Waals surface area contributed by atoms with Crippen LogP contribution in [-0.2, 0) is 4.79 Å². The summed E-state index contributed by atoms with van der Waals surface area (Å²) in [6.07, 6.45) is 2.38. The number of fused-ring (bicyclic) bond motifs is 1. The van der Waals surface area contributed by atoms with Crippen LogP contribution in [0, 0.1) is 0 Å². The quantitative estimate of drug-likeness (QED) is 0.680. The van der Waals surface area contributed by atoms with Gasteiger partial charge in [-0.05, 0) is 31.0 Å². The molecule has 1 aromatic heterocycles. The van der Waals surface area contributed by atoms with Crippen LogP contribution in [0.4, 0.5) is 5.13 Å². The molecule has 0 bridgehead atoms. The summed E-state index contributed by atoms with van der Waals surface area (Å²) in [5.74, 6) is -0.918. The molecule has 0 aliphatic carbocycles. The average molecular weight is 307 g/mol. The molecule has 7 heteroatoms. The second-order valence-electron chi connectivity index (χ2n) is 4.69. The monoisotopic (exact) mass is 307 g/mol. The third kappa shape index (κ3) is 4.42. The van der Waals surface area contributed by atoms with E-state index < -0.39 is 5.97 Å². The lowest BCUT2D eigenvalue weighted by molar-refractivity contribution is -0.137. The lowest BCUT2D eigenvalue weighted by atomic mass is 10.2. The second-order valence-corrected chi connectivity index (χ2v) is 5.76. The number of aromatic nitrogens is 1. The Morgan fingerprint density at radius 3 is 2.86 bits per heavy atom. The topological polar surface area (TPSA) is 105 Å². The number of carbonyl (C=O) groups is 2. The minimum absolute atomic E-state index is 0.137. The molecule has 0 aliphatic rings. The van der Waals surface area contributed by atoms with E-state index in [9.17, 15) is 9.59 Å². The Morgan fingerprint density at radius 1 is 1.29 bits per heavy atom. The van der Waals surface area contributed by atoms with E-state index in [4.69, 9.17) is 10.8 Å². The molecular formula is C14H17N3O3S. The molecular weight excluding hydrogens is 290 g/mol. The summed E-state index contributed by atoms with van der Waals surface area (Å²) in [5.41, 5.74) is 7.00. The van der Waals surface area contributed by atoms with E-state index in [0.29, 0.717) is 23.7 Å². The van der Waals surface area contributed by atoms with Crippen LogP contribution in [0.5, 0.6) is 0 Å². The zero-order valence-corrected chi connectivity index (χ0v) is 12.3. The van der Waals surface area contributed by atoms with Crippen molar-refractivity contribution < 1.29 is 14.7 Å². The van der Waals surface area contributed by atoms with Gasteiger partial charge >= 0.3 is 5.97 Å². The van der Waals surface area contributed by atoms with Crippen molar-refractivity contribution in [2.75, 3.05) is 12.3 Å². The van der Waals surface area contributed by atoms with Crippen LogP contribution < -0.4 is 11.1 Å². The van der Waals surface area contributed by atoms with Crippen molar-refractivity contribution in [3.8, 4) is 0 Å². The van der Waals surface area contributed by atoms with Crippen molar-refractivity contribution in [1.29, 1.82) is 0 Å². The first kappa shape index (κ1) is 15.2. The van der Waals surface area contributed by atoms with Crippen LogP contribution in [0.1, 0.15) is 36.0 Å². The number of anilines is 1. The number of unbranched alkanes of at least 4 members (excludes halogenated alkanes) is 2. The Hall–Kier alpha value is -2.15. The zero-order valence-electron chi connectivity index (χ0n) is 11.5. The lowest BCUT2D eigenvalue weighted by Gasteiger charge is -2.05. The SMILES string of the molecule is Nc1nc2ccc(C(=O)NCCCCCC(=O)O)cc2s1. The molecule has 0 spiro atoms. The van der Waals surface area contributed by atoms with Gasteiger partial charge in [-0.1, -0.05) is 17.8 Å². The molecule has 2 aromatic rings. The number of carbonyl (C=O) groups excluding carboxylic acids is 1. The lowest BCUT2D eigenvalue weighted by Crippen LogP contribution is -2.24. The standard InChI is InChI=1S/C14H17N3O3S/c15-14-17-10-6-5-9(8-11(10)21-14)13(20)16-7-3-1-2-4-12(18)19/h5-6,8H,1-4,7H2,(H2,15,17)(H,16,20)(H,18,19). The number of aliphatic carboxylic acids is 1.